The van der Waals surface area contributed by atoms with Gasteiger partial charge in [-0.1, -0.05) is 18.2 Å². The quantitative estimate of drug-likeness (QED) is 0.795. The number of para-hydroxylation sites is 1. The Kier molecular flexibility index (Phi) is 4.14. The minimum Gasteiger partial charge on any atom is -0.379 e. The third-order valence-corrected chi connectivity index (χ3v) is 4.61. The molecule has 1 aromatic heterocycles. The van der Waals surface area contributed by atoms with Crippen LogP contribution in [0.1, 0.15) is 24.3 Å². The largest absolute Gasteiger partial charge is 0.419 e. The number of aromatic amines is 1. The van der Waals surface area contributed by atoms with Crippen molar-refractivity contribution in [1.82, 2.24) is 4.98 Å². The molecule has 1 saturated heterocycles. The zero-order chi connectivity index (χ0) is 15.7. The molecule has 0 saturated carbocycles. The van der Waals surface area contributed by atoms with Crippen LogP contribution in [-0.4, -0.2) is 42.0 Å². The number of aliphatic hydroxyl groups is 1. The van der Waals surface area contributed by atoms with Gasteiger partial charge in [0.15, 0.2) is 6.10 Å². The summed E-state index contributed by atoms with van der Waals surface area (Å²) in [6.45, 7) is 1.08. The number of likely N-dealkylation sites (tertiary alicyclic amines) is 1. The highest BCUT2D eigenvalue weighted by Gasteiger charge is 2.41. The minimum atomic E-state index is -4.51. The van der Waals surface area contributed by atoms with Gasteiger partial charge in [0.05, 0.1) is 13.1 Å². The number of alkyl halides is 3. The second kappa shape index (κ2) is 5.93. The number of hydrogen-bond donors (Lipinski definition) is 3. The van der Waals surface area contributed by atoms with E-state index in [2.05, 4.69) is 11.1 Å². The molecule has 3 rings (SSSR count). The van der Waals surface area contributed by atoms with E-state index >= 15 is 0 Å². The maximum atomic E-state index is 12.4. The lowest BCUT2D eigenvalue weighted by Crippen LogP contribution is -3.14. The van der Waals surface area contributed by atoms with Crippen molar-refractivity contribution in [3.05, 3.63) is 36.0 Å². The molecule has 0 amide bonds. The summed E-state index contributed by atoms with van der Waals surface area (Å²) < 4.78 is 37.2. The SMILES string of the molecule is O[C@@H](C[NH+]1CCC(c2c[nH]c3ccccc23)CC1)C(F)(F)F. The molecule has 0 aliphatic carbocycles. The predicted molar refractivity (Wildman–Crippen MR) is 77.9 cm³/mol. The maximum Gasteiger partial charge on any atom is 0.419 e. The molecule has 2 aromatic rings. The van der Waals surface area contributed by atoms with Crippen molar-refractivity contribution in [1.29, 1.82) is 0 Å². The number of aliphatic hydroxyl groups excluding tert-OH is 1. The van der Waals surface area contributed by atoms with Gasteiger partial charge in [-0.25, -0.2) is 0 Å². The first-order valence-electron chi connectivity index (χ1n) is 7.59. The van der Waals surface area contributed by atoms with Crippen molar-refractivity contribution in [3.8, 4) is 0 Å². The summed E-state index contributed by atoms with van der Waals surface area (Å²) in [5, 5.41) is 10.4. The number of H-pyrrole nitrogens is 1. The van der Waals surface area contributed by atoms with Crippen LogP contribution in [0.2, 0.25) is 0 Å². The van der Waals surface area contributed by atoms with Crippen LogP contribution >= 0.6 is 0 Å². The summed E-state index contributed by atoms with van der Waals surface area (Å²) in [5.41, 5.74) is 2.35. The molecule has 2 heterocycles. The molecule has 120 valence electrons. The van der Waals surface area contributed by atoms with E-state index in [-0.39, 0.29) is 6.54 Å². The Balaban J connectivity index is 1.62. The van der Waals surface area contributed by atoms with Gasteiger partial charge in [-0.05, 0) is 17.5 Å². The van der Waals surface area contributed by atoms with Crippen LogP contribution in [0.25, 0.3) is 10.9 Å². The van der Waals surface area contributed by atoms with Gasteiger partial charge in [0, 0.05) is 29.9 Å². The summed E-state index contributed by atoms with van der Waals surface area (Å²) in [6.07, 6.45) is -3.01. The Morgan fingerprint density at radius 1 is 1.23 bits per heavy atom. The topological polar surface area (TPSA) is 40.5 Å². The van der Waals surface area contributed by atoms with Crippen LogP contribution in [0.4, 0.5) is 13.2 Å². The summed E-state index contributed by atoms with van der Waals surface area (Å²) in [6, 6.07) is 8.08. The van der Waals surface area contributed by atoms with Crippen molar-refractivity contribution in [2.75, 3.05) is 19.6 Å². The summed E-state index contributed by atoms with van der Waals surface area (Å²) in [5.74, 6) is 0.378. The molecule has 3 N–H and O–H groups in total. The van der Waals surface area contributed by atoms with E-state index in [4.69, 9.17) is 0 Å². The van der Waals surface area contributed by atoms with Gasteiger partial charge < -0.3 is 15.0 Å². The first-order chi connectivity index (χ1) is 10.4. The van der Waals surface area contributed by atoms with Crippen LogP contribution in [0, 0.1) is 0 Å². The Hall–Kier alpha value is -1.53. The van der Waals surface area contributed by atoms with E-state index in [0.717, 1.165) is 23.3 Å². The van der Waals surface area contributed by atoms with Crippen molar-refractivity contribution >= 4 is 10.9 Å². The molecular weight excluding hydrogens is 293 g/mol. The number of halogens is 3. The zero-order valence-corrected chi connectivity index (χ0v) is 12.2. The van der Waals surface area contributed by atoms with Gasteiger partial charge in [0.2, 0.25) is 0 Å². The fraction of sp³-hybridized carbons (Fsp3) is 0.500. The highest BCUT2D eigenvalue weighted by molar-refractivity contribution is 5.83. The van der Waals surface area contributed by atoms with Crippen molar-refractivity contribution in [3.63, 3.8) is 0 Å². The van der Waals surface area contributed by atoms with E-state index in [1.165, 1.54) is 10.9 Å². The highest BCUT2D eigenvalue weighted by Crippen LogP contribution is 2.30. The molecule has 3 nitrogen and oxygen atoms in total. The van der Waals surface area contributed by atoms with Crippen molar-refractivity contribution < 1.29 is 23.2 Å². The Bertz CT molecular complexity index is 630. The molecular formula is C16H20F3N2O+. The zero-order valence-electron chi connectivity index (χ0n) is 12.2. The van der Waals surface area contributed by atoms with E-state index in [0.29, 0.717) is 19.0 Å². The molecule has 0 unspecified atom stereocenters. The Morgan fingerprint density at radius 3 is 2.59 bits per heavy atom. The number of fused-ring (bicyclic) bond motifs is 1. The normalized spacial score (nSPS) is 24.5. The van der Waals surface area contributed by atoms with Gasteiger partial charge in [0.25, 0.3) is 0 Å². The average Bonchev–Trinajstić information content (AvgIpc) is 2.91. The first kappa shape index (κ1) is 15.4. The number of piperidine rings is 1. The second-order valence-electron chi connectivity index (χ2n) is 6.08. The Labute approximate surface area is 126 Å². The maximum absolute atomic E-state index is 12.4. The van der Waals surface area contributed by atoms with Crippen LogP contribution in [0.5, 0.6) is 0 Å². The fourth-order valence-electron chi connectivity index (χ4n) is 3.36. The van der Waals surface area contributed by atoms with Crippen LogP contribution < -0.4 is 4.90 Å². The summed E-state index contributed by atoms with van der Waals surface area (Å²) in [7, 11) is 0. The van der Waals surface area contributed by atoms with Crippen molar-refractivity contribution in [2.24, 2.45) is 0 Å². The third-order valence-electron chi connectivity index (χ3n) is 4.61. The van der Waals surface area contributed by atoms with Gasteiger partial charge >= 0.3 is 6.18 Å². The summed E-state index contributed by atoms with van der Waals surface area (Å²) in [4.78, 5) is 4.09. The molecule has 1 aromatic carbocycles. The van der Waals surface area contributed by atoms with Crippen molar-refractivity contribution in [2.45, 2.75) is 31.0 Å². The van der Waals surface area contributed by atoms with Gasteiger partial charge in [0.1, 0.15) is 6.54 Å². The first-order valence-corrected chi connectivity index (χ1v) is 7.59. The molecule has 0 radical (unpaired) electrons. The lowest BCUT2D eigenvalue weighted by Gasteiger charge is -2.30. The lowest BCUT2D eigenvalue weighted by molar-refractivity contribution is -0.909. The number of aromatic nitrogens is 1. The van der Waals surface area contributed by atoms with Crippen LogP contribution in [-0.2, 0) is 0 Å². The lowest BCUT2D eigenvalue weighted by atomic mass is 9.89. The minimum absolute atomic E-state index is 0.246. The monoisotopic (exact) mass is 313 g/mol. The number of nitrogens with one attached hydrogen (secondary N) is 2. The summed E-state index contributed by atoms with van der Waals surface area (Å²) >= 11 is 0. The van der Waals surface area contributed by atoms with E-state index in [1.807, 2.05) is 24.4 Å². The third kappa shape index (κ3) is 3.13. The highest BCUT2D eigenvalue weighted by atomic mass is 19.4. The predicted octanol–water partition coefficient (Wildman–Crippen LogP) is 1.85. The standard InChI is InChI=1S/C16H19F3N2O/c17-16(18,19)15(22)10-21-7-5-11(6-8-21)13-9-20-14-4-2-1-3-12(13)14/h1-4,9,11,15,20,22H,5-8,10H2/p+1/t15-/m0/s1. The average molecular weight is 313 g/mol. The molecule has 6 heteroatoms. The van der Waals surface area contributed by atoms with Crippen LogP contribution in [0.3, 0.4) is 0 Å². The molecule has 1 atom stereocenters. The van der Waals surface area contributed by atoms with Gasteiger partial charge in [-0.2, -0.15) is 13.2 Å². The number of rotatable bonds is 3. The number of benzene rings is 1. The molecule has 0 bridgehead atoms. The second-order valence-corrected chi connectivity index (χ2v) is 6.08. The smallest absolute Gasteiger partial charge is 0.379 e. The molecule has 1 aliphatic rings. The molecule has 1 aliphatic heterocycles. The molecule has 0 spiro atoms. The van der Waals surface area contributed by atoms with Crippen LogP contribution in [0.15, 0.2) is 30.5 Å². The van der Waals surface area contributed by atoms with E-state index < -0.39 is 12.3 Å². The number of hydrogen-bond acceptors (Lipinski definition) is 1. The molecule has 1 fully saturated rings. The Morgan fingerprint density at radius 2 is 1.91 bits per heavy atom. The number of quaternary nitrogens is 1. The fourth-order valence-corrected chi connectivity index (χ4v) is 3.36. The van der Waals surface area contributed by atoms with Gasteiger partial charge in [-0.3, -0.25) is 0 Å². The molecule has 22 heavy (non-hydrogen) atoms. The van der Waals surface area contributed by atoms with E-state index in [9.17, 15) is 18.3 Å². The van der Waals surface area contributed by atoms with Gasteiger partial charge in [-0.15, -0.1) is 0 Å². The van der Waals surface area contributed by atoms with E-state index in [1.54, 1.807) is 0 Å².